The summed E-state index contributed by atoms with van der Waals surface area (Å²) in [6.07, 6.45) is 2.79. The van der Waals surface area contributed by atoms with E-state index in [-0.39, 0.29) is 5.91 Å². The highest BCUT2D eigenvalue weighted by Gasteiger charge is 2.04. The van der Waals surface area contributed by atoms with Crippen LogP contribution in [0.2, 0.25) is 0 Å². The lowest BCUT2D eigenvalue weighted by Gasteiger charge is -2.05. The van der Waals surface area contributed by atoms with Gasteiger partial charge < -0.3 is 11.1 Å². The summed E-state index contributed by atoms with van der Waals surface area (Å²) in [5.41, 5.74) is 5.99. The number of aromatic nitrogens is 1. The van der Waals surface area contributed by atoms with E-state index >= 15 is 0 Å². The summed E-state index contributed by atoms with van der Waals surface area (Å²) in [6, 6.07) is 3.56. The molecule has 4 nitrogen and oxygen atoms in total. The van der Waals surface area contributed by atoms with Crippen LogP contribution in [0.25, 0.3) is 0 Å². The first kappa shape index (κ1) is 11.1. The maximum absolute atomic E-state index is 11.3. The number of halogens is 1. The first-order chi connectivity index (χ1) is 6.74. The molecular formula is C9H12BrN3O. The average Bonchev–Trinajstić information content (AvgIpc) is 2.18. The van der Waals surface area contributed by atoms with E-state index in [0.717, 1.165) is 0 Å². The third-order valence-electron chi connectivity index (χ3n) is 1.64. The van der Waals surface area contributed by atoms with E-state index in [9.17, 15) is 4.79 Å². The lowest BCUT2D eigenvalue weighted by molar-refractivity contribution is -0.116. The topological polar surface area (TPSA) is 68.0 Å². The second kappa shape index (κ2) is 5.72. The molecule has 0 unspecified atom stereocenters. The Labute approximate surface area is 91.0 Å². The van der Waals surface area contributed by atoms with Gasteiger partial charge in [-0.15, -0.1) is 0 Å². The van der Waals surface area contributed by atoms with Crippen LogP contribution in [0.5, 0.6) is 0 Å². The summed E-state index contributed by atoms with van der Waals surface area (Å²) in [7, 11) is 0. The third-order valence-corrected chi connectivity index (χ3v) is 2.27. The number of amides is 1. The van der Waals surface area contributed by atoms with E-state index < -0.39 is 0 Å². The van der Waals surface area contributed by atoms with E-state index in [1.54, 1.807) is 18.3 Å². The molecule has 0 aromatic carbocycles. The van der Waals surface area contributed by atoms with Gasteiger partial charge in [-0.2, -0.15) is 0 Å². The number of hydrogen-bond acceptors (Lipinski definition) is 3. The monoisotopic (exact) mass is 257 g/mol. The zero-order valence-corrected chi connectivity index (χ0v) is 9.25. The SMILES string of the molecule is NCCCC(=O)Nc1cccnc1Br. The molecule has 1 amide bonds. The molecule has 14 heavy (non-hydrogen) atoms. The molecular weight excluding hydrogens is 246 g/mol. The Hall–Kier alpha value is -0.940. The van der Waals surface area contributed by atoms with Crippen LogP contribution in [-0.2, 0) is 4.79 Å². The van der Waals surface area contributed by atoms with Gasteiger partial charge in [0.05, 0.1) is 5.69 Å². The Bertz CT molecular complexity index is 317. The lowest BCUT2D eigenvalue weighted by Crippen LogP contribution is -2.13. The molecule has 1 aromatic rings. The molecule has 3 N–H and O–H groups in total. The average molecular weight is 258 g/mol. The van der Waals surface area contributed by atoms with Gasteiger partial charge in [0.15, 0.2) is 0 Å². The predicted octanol–water partition coefficient (Wildman–Crippen LogP) is 1.52. The van der Waals surface area contributed by atoms with E-state index in [1.165, 1.54) is 0 Å². The largest absolute Gasteiger partial charge is 0.330 e. The van der Waals surface area contributed by atoms with Gasteiger partial charge in [-0.3, -0.25) is 4.79 Å². The molecule has 0 spiro atoms. The smallest absolute Gasteiger partial charge is 0.224 e. The van der Waals surface area contributed by atoms with Crippen molar-refractivity contribution in [3.8, 4) is 0 Å². The number of carbonyl (C=O) groups is 1. The van der Waals surface area contributed by atoms with Crippen molar-refractivity contribution < 1.29 is 4.79 Å². The number of rotatable bonds is 4. The maximum Gasteiger partial charge on any atom is 0.224 e. The fourth-order valence-corrected chi connectivity index (χ4v) is 1.30. The molecule has 0 aliphatic rings. The third kappa shape index (κ3) is 3.43. The van der Waals surface area contributed by atoms with Gasteiger partial charge in [-0.25, -0.2) is 4.98 Å². The van der Waals surface area contributed by atoms with Gasteiger partial charge in [-0.05, 0) is 41.0 Å². The first-order valence-electron chi connectivity index (χ1n) is 4.34. The van der Waals surface area contributed by atoms with E-state index in [1.807, 2.05) is 0 Å². The molecule has 5 heteroatoms. The highest BCUT2D eigenvalue weighted by Crippen LogP contribution is 2.18. The second-order valence-corrected chi connectivity index (χ2v) is 3.53. The van der Waals surface area contributed by atoms with Crippen molar-refractivity contribution in [3.63, 3.8) is 0 Å². The highest BCUT2D eigenvalue weighted by atomic mass is 79.9. The molecule has 0 atom stereocenters. The summed E-state index contributed by atoms with van der Waals surface area (Å²) in [6.45, 7) is 0.529. The molecule has 0 aliphatic heterocycles. The summed E-state index contributed by atoms with van der Waals surface area (Å²) in [5.74, 6) is -0.0378. The van der Waals surface area contributed by atoms with Crippen LogP contribution in [0, 0.1) is 0 Å². The van der Waals surface area contributed by atoms with E-state index in [0.29, 0.717) is 29.7 Å². The summed E-state index contributed by atoms with van der Waals surface area (Å²) in [4.78, 5) is 15.3. The normalized spacial score (nSPS) is 9.86. The molecule has 1 heterocycles. The number of hydrogen-bond donors (Lipinski definition) is 2. The predicted molar refractivity (Wildman–Crippen MR) is 58.9 cm³/mol. The summed E-state index contributed by atoms with van der Waals surface area (Å²) >= 11 is 3.24. The Kier molecular flexibility index (Phi) is 4.55. The standard InChI is InChI=1S/C9H12BrN3O/c10-9-7(3-2-6-12-9)13-8(14)4-1-5-11/h2-3,6H,1,4-5,11H2,(H,13,14). The van der Waals surface area contributed by atoms with Crippen LogP contribution < -0.4 is 11.1 Å². The number of nitrogens with two attached hydrogens (primary N) is 1. The Balaban J connectivity index is 2.52. The van der Waals surface area contributed by atoms with Crippen LogP contribution in [-0.4, -0.2) is 17.4 Å². The van der Waals surface area contributed by atoms with Crippen molar-refractivity contribution in [1.29, 1.82) is 0 Å². The van der Waals surface area contributed by atoms with Gasteiger partial charge in [0, 0.05) is 12.6 Å². The minimum Gasteiger partial charge on any atom is -0.330 e. The van der Waals surface area contributed by atoms with Gasteiger partial charge in [-0.1, -0.05) is 0 Å². The number of carbonyl (C=O) groups excluding carboxylic acids is 1. The van der Waals surface area contributed by atoms with Crippen LogP contribution in [0.4, 0.5) is 5.69 Å². The molecule has 0 saturated carbocycles. The molecule has 0 aliphatic carbocycles. The number of anilines is 1. The van der Waals surface area contributed by atoms with Crippen LogP contribution >= 0.6 is 15.9 Å². The fourth-order valence-electron chi connectivity index (χ4n) is 0.955. The van der Waals surface area contributed by atoms with Gasteiger partial charge >= 0.3 is 0 Å². The van der Waals surface area contributed by atoms with Crippen molar-refractivity contribution in [2.24, 2.45) is 5.73 Å². The fraction of sp³-hybridized carbons (Fsp3) is 0.333. The lowest BCUT2D eigenvalue weighted by atomic mass is 10.3. The molecule has 0 fully saturated rings. The minimum absolute atomic E-state index is 0.0378. The van der Waals surface area contributed by atoms with Gasteiger partial charge in [0.1, 0.15) is 4.60 Å². The van der Waals surface area contributed by atoms with Crippen molar-refractivity contribution in [1.82, 2.24) is 4.98 Å². The number of nitrogens with zero attached hydrogens (tertiary/aromatic N) is 1. The first-order valence-corrected chi connectivity index (χ1v) is 5.14. The summed E-state index contributed by atoms with van der Waals surface area (Å²) in [5, 5.41) is 2.74. The Morgan fingerprint density at radius 1 is 1.64 bits per heavy atom. The quantitative estimate of drug-likeness (QED) is 0.804. The highest BCUT2D eigenvalue weighted by molar-refractivity contribution is 9.10. The molecule has 76 valence electrons. The molecule has 1 aromatic heterocycles. The zero-order chi connectivity index (χ0) is 10.4. The Morgan fingerprint density at radius 2 is 2.43 bits per heavy atom. The van der Waals surface area contributed by atoms with Crippen molar-refractivity contribution in [3.05, 3.63) is 22.9 Å². The summed E-state index contributed by atoms with van der Waals surface area (Å²) < 4.78 is 0.640. The van der Waals surface area contributed by atoms with E-state index in [2.05, 4.69) is 26.2 Å². The zero-order valence-electron chi connectivity index (χ0n) is 7.66. The Morgan fingerprint density at radius 3 is 3.07 bits per heavy atom. The molecule has 1 rings (SSSR count). The second-order valence-electron chi connectivity index (χ2n) is 2.78. The molecule has 0 saturated heterocycles. The number of nitrogens with one attached hydrogen (secondary N) is 1. The van der Waals surface area contributed by atoms with Gasteiger partial charge in [0.2, 0.25) is 5.91 Å². The van der Waals surface area contributed by atoms with Gasteiger partial charge in [0.25, 0.3) is 0 Å². The maximum atomic E-state index is 11.3. The van der Waals surface area contributed by atoms with Crippen LogP contribution in [0.3, 0.4) is 0 Å². The van der Waals surface area contributed by atoms with Crippen molar-refractivity contribution in [2.45, 2.75) is 12.8 Å². The number of pyridine rings is 1. The van der Waals surface area contributed by atoms with Crippen LogP contribution in [0.1, 0.15) is 12.8 Å². The van der Waals surface area contributed by atoms with Crippen LogP contribution in [0.15, 0.2) is 22.9 Å². The molecule has 0 bridgehead atoms. The molecule has 0 radical (unpaired) electrons. The van der Waals surface area contributed by atoms with Crippen molar-refractivity contribution >= 4 is 27.5 Å². The van der Waals surface area contributed by atoms with E-state index in [4.69, 9.17) is 5.73 Å². The minimum atomic E-state index is -0.0378. The van der Waals surface area contributed by atoms with Crippen molar-refractivity contribution in [2.75, 3.05) is 11.9 Å².